The van der Waals surface area contributed by atoms with Gasteiger partial charge in [-0.15, -0.1) is 0 Å². The van der Waals surface area contributed by atoms with Gasteiger partial charge in [-0.25, -0.2) is 17.5 Å². The molecule has 0 bridgehead atoms. The van der Waals surface area contributed by atoms with Gasteiger partial charge in [-0.1, -0.05) is 30.3 Å². The van der Waals surface area contributed by atoms with Crippen LogP contribution in [0.25, 0.3) is 0 Å². The molecule has 0 amide bonds. The van der Waals surface area contributed by atoms with Gasteiger partial charge in [-0.2, -0.15) is 0 Å². The SMILES string of the molecule is O=S(=O)(NCCc1ccc(F)cc1)c1ccccc1. The fourth-order valence-corrected chi connectivity index (χ4v) is 2.72. The van der Waals surface area contributed by atoms with E-state index in [2.05, 4.69) is 4.72 Å². The molecule has 1 N–H and O–H groups in total. The molecule has 2 rings (SSSR count). The number of hydrogen-bond acceptors (Lipinski definition) is 2. The maximum Gasteiger partial charge on any atom is 0.240 e. The van der Waals surface area contributed by atoms with Crippen molar-refractivity contribution in [3.8, 4) is 0 Å². The molecular weight excluding hydrogens is 265 g/mol. The summed E-state index contributed by atoms with van der Waals surface area (Å²) >= 11 is 0. The third-order valence-corrected chi connectivity index (χ3v) is 4.15. The lowest BCUT2D eigenvalue weighted by molar-refractivity contribution is 0.581. The van der Waals surface area contributed by atoms with E-state index in [0.717, 1.165) is 5.56 Å². The molecule has 2 aromatic carbocycles. The van der Waals surface area contributed by atoms with E-state index in [1.807, 2.05) is 0 Å². The highest BCUT2D eigenvalue weighted by Gasteiger charge is 2.11. The molecule has 100 valence electrons. The zero-order chi connectivity index (χ0) is 13.7. The van der Waals surface area contributed by atoms with Crippen LogP contribution in [0, 0.1) is 5.82 Å². The Morgan fingerprint density at radius 2 is 1.58 bits per heavy atom. The van der Waals surface area contributed by atoms with Gasteiger partial charge in [-0.05, 0) is 36.2 Å². The lowest BCUT2D eigenvalue weighted by Crippen LogP contribution is -2.25. The van der Waals surface area contributed by atoms with Crippen LogP contribution >= 0.6 is 0 Å². The summed E-state index contributed by atoms with van der Waals surface area (Å²) in [5, 5.41) is 0. The molecule has 2 aromatic rings. The quantitative estimate of drug-likeness (QED) is 0.913. The Hall–Kier alpha value is -1.72. The summed E-state index contributed by atoms with van der Waals surface area (Å²) in [7, 11) is -3.46. The monoisotopic (exact) mass is 279 g/mol. The lowest BCUT2D eigenvalue weighted by atomic mass is 10.1. The molecule has 5 heteroatoms. The molecule has 3 nitrogen and oxygen atoms in total. The highest BCUT2D eigenvalue weighted by atomic mass is 32.2. The Morgan fingerprint density at radius 3 is 2.21 bits per heavy atom. The van der Waals surface area contributed by atoms with Crippen molar-refractivity contribution in [3.63, 3.8) is 0 Å². The first-order valence-electron chi connectivity index (χ1n) is 5.87. The van der Waals surface area contributed by atoms with Crippen LogP contribution in [0.15, 0.2) is 59.5 Å². The van der Waals surface area contributed by atoms with Gasteiger partial charge >= 0.3 is 0 Å². The van der Waals surface area contributed by atoms with Gasteiger partial charge in [0.05, 0.1) is 4.90 Å². The summed E-state index contributed by atoms with van der Waals surface area (Å²) in [6, 6.07) is 14.2. The molecule has 0 radical (unpaired) electrons. The van der Waals surface area contributed by atoms with Crippen molar-refractivity contribution in [3.05, 3.63) is 66.0 Å². The molecule has 0 saturated carbocycles. The summed E-state index contributed by atoms with van der Waals surface area (Å²) < 4.78 is 39.0. The second kappa shape index (κ2) is 5.95. The molecule has 0 spiro atoms. The van der Waals surface area contributed by atoms with Crippen LogP contribution in [0.2, 0.25) is 0 Å². The second-order valence-corrected chi connectivity index (χ2v) is 5.85. The number of hydrogen-bond donors (Lipinski definition) is 1. The maximum absolute atomic E-state index is 12.7. The van der Waals surface area contributed by atoms with Crippen LogP contribution in [0.5, 0.6) is 0 Å². The average Bonchev–Trinajstić information content (AvgIpc) is 2.42. The zero-order valence-electron chi connectivity index (χ0n) is 10.2. The van der Waals surface area contributed by atoms with Crippen LogP contribution < -0.4 is 4.72 Å². The number of sulfonamides is 1. The normalized spacial score (nSPS) is 11.4. The Bertz CT molecular complexity index is 624. The van der Waals surface area contributed by atoms with Crippen LogP contribution in [-0.2, 0) is 16.4 Å². The van der Waals surface area contributed by atoms with E-state index in [0.29, 0.717) is 6.42 Å². The summed E-state index contributed by atoms with van der Waals surface area (Å²) in [5.74, 6) is -0.298. The molecule has 0 fully saturated rings. The minimum absolute atomic E-state index is 0.245. The van der Waals surface area contributed by atoms with Crippen molar-refractivity contribution in [1.29, 1.82) is 0 Å². The van der Waals surface area contributed by atoms with E-state index >= 15 is 0 Å². The molecule has 0 aliphatic rings. The molecule has 0 saturated heterocycles. The van der Waals surface area contributed by atoms with Gasteiger partial charge in [-0.3, -0.25) is 0 Å². The van der Waals surface area contributed by atoms with Gasteiger partial charge < -0.3 is 0 Å². The maximum atomic E-state index is 12.7. The molecule has 0 aromatic heterocycles. The zero-order valence-corrected chi connectivity index (χ0v) is 11.0. The van der Waals surface area contributed by atoms with Crippen molar-refractivity contribution in [1.82, 2.24) is 4.72 Å². The molecule has 0 unspecified atom stereocenters. The first-order valence-corrected chi connectivity index (χ1v) is 7.35. The Kier molecular flexibility index (Phi) is 4.29. The number of nitrogens with one attached hydrogen (secondary N) is 1. The van der Waals surface area contributed by atoms with E-state index in [1.165, 1.54) is 12.1 Å². The van der Waals surface area contributed by atoms with E-state index in [4.69, 9.17) is 0 Å². The predicted molar refractivity (Wildman–Crippen MR) is 71.7 cm³/mol. The topological polar surface area (TPSA) is 46.2 Å². The molecule has 0 aliphatic carbocycles. The average molecular weight is 279 g/mol. The largest absolute Gasteiger partial charge is 0.240 e. The smallest absolute Gasteiger partial charge is 0.211 e. The molecule has 0 heterocycles. The van der Waals surface area contributed by atoms with Gasteiger partial charge in [0.2, 0.25) is 10.0 Å². The van der Waals surface area contributed by atoms with Crippen molar-refractivity contribution >= 4 is 10.0 Å². The summed E-state index contributed by atoms with van der Waals surface area (Å²) in [6.07, 6.45) is 0.520. The van der Waals surface area contributed by atoms with Gasteiger partial charge in [0, 0.05) is 6.54 Å². The summed E-state index contributed by atoms with van der Waals surface area (Å²) in [5.41, 5.74) is 0.886. The standard InChI is InChI=1S/C14H14FNO2S/c15-13-8-6-12(7-9-13)10-11-16-19(17,18)14-4-2-1-3-5-14/h1-9,16H,10-11H2. The summed E-state index contributed by atoms with van der Waals surface area (Å²) in [6.45, 7) is 0.281. The van der Waals surface area contributed by atoms with Crippen LogP contribution in [0.1, 0.15) is 5.56 Å². The number of rotatable bonds is 5. The van der Waals surface area contributed by atoms with Gasteiger partial charge in [0.25, 0.3) is 0 Å². The first kappa shape index (κ1) is 13.7. The first-order chi connectivity index (χ1) is 9.08. The van der Waals surface area contributed by atoms with Crippen molar-refractivity contribution < 1.29 is 12.8 Å². The highest BCUT2D eigenvalue weighted by molar-refractivity contribution is 7.89. The van der Waals surface area contributed by atoms with Crippen molar-refractivity contribution in [2.45, 2.75) is 11.3 Å². The van der Waals surface area contributed by atoms with Crippen LogP contribution in [0.4, 0.5) is 4.39 Å². The van der Waals surface area contributed by atoms with E-state index in [9.17, 15) is 12.8 Å². The Balaban J connectivity index is 1.94. The van der Waals surface area contributed by atoms with Crippen molar-refractivity contribution in [2.24, 2.45) is 0 Å². The third-order valence-electron chi connectivity index (χ3n) is 2.67. The van der Waals surface area contributed by atoms with Gasteiger partial charge in [0.1, 0.15) is 5.82 Å². The molecule has 0 aliphatic heterocycles. The minimum Gasteiger partial charge on any atom is -0.211 e. The summed E-state index contributed by atoms with van der Waals surface area (Å²) in [4.78, 5) is 0.245. The molecule has 19 heavy (non-hydrogen) atoms. The number of halogens is 1. The molecule has 0 atom stereocenters. The van der Waals surface area contributed by atoms with Crippen molar-refractivity contribution in [2.75, 3.05) is 6.54 Å². The second-order valence-electron chi connectivity index (χ2n) is 4.09. The van der Waals surface area contributed by atoms with E-state index in [-0.39, 0.29) is 17.3 Å². The Labute approximate surface area is 112 Å². The fraction of sp³-hybridized carbons (Fsp3) is 0.143. The van der Waals surface area contributed by atoms with Crippen LogP contribution in [0.3, 0.4) is 0 Å². The third kappa shape index (κ3) is 3.87. The minimum atomic E-state index is -3.46. The fourth-order valence-electron chi connectivity index (χ4n) is 1.66. The van der Waals surface area contributed by atoms with Crippen LogP contribution in [-0.4, -0.2) is 15.0 Å². The predicted octanol–water partition coefficient (Wildman–Crippen LogP) is 2.35. The van der Waals surface area contributed by atoms with E-state index in [1.54, 1.807) is 42.5 Å². The lowest BCUT2D eigenvalue weighted by Gasteiger charge is -2.06. The van der Waals surface area contributed by atoms with Gasteiger partial charge in [0.15, 0.2) is 0 Å². The Morgan fingerprint density at radius 1 is 0.947 bits per heavy atom. The van der Waals surface area contributed by atoms with E-state index < -0.39 is 10.0 Å². The highest BCUT2D eigenvalue weighted by Crippen LogP contribution is 2.07. The number of benzene rings is 2. The molecular formula is C14H14FNO2S.